The van der Waals surface area contributed by atoms with Crippen molar-refractivity contribution in [3.63, 3.8) is 0 Å². The number of rotatable bonds is 6. The maximum absolute atomic E-state index is 11.0. The van der Waals surface area contributed by atoms with Gasteiger partial charge in [-0.3, -0.25) is 24.7 Å². The quantitative estimate of drug-likeness (QED) is 0.180. The highest BCUT2D eigenvalue weighted by Gasteiger charge is 2.18. The van der Waals surface area contributed by atoms with Crippen molar-refractivity contribution in [2.45, 2.75) is 110 Å². The van der Waals surface area contributed by atoms with Crippen LogP contribution in [0.15, 0.2) is 119 Å². The predicted molar refractivity (Wildman–Crippen MR) is 226 cm³/mol. The molecule has 55 heavy (non-hydrogen) atoms. The molecule has 0 bridgehead atoms. The second-order valence-corrected chi connectivity index (χ2v) is 15.2. The maximum atomic E-state index is 11.0. The normalized spacial score (nSPS) is 18.3. The predicted octanol–water partition coefficient (Wildman–Crippen LogP) is 9.33. The zero-order valence-corrected chi connectivity index (χ0v) is 32.9. The van der Waals surface area contributed by atoms with Crippen LogP contribution in [0.5, 0.6) is 0 Å². The molecule has 0 saturated heterocycles. The highest BCUT2D eigenvalue weighted by Crippen LogP contribution is 2.26. The summed E-state index contributed by atoms with van der Waals surface area (Å²) in [6.07, 6.45) is 8.53. The van der Waals surface area contributed by atoms with Crippen molar-refractivity contribution in [2.75, 3.05) is 0 Å². The zero-order chi connectivity index (χ0) is 38.7. The van der Waals surface area contributed by atoms with Crippen LogP contribution in [-0.4, -0.2) is 27.2 Å². The third-order valence-electron chi connectivity index (χ3n) is 10.7. The van der Waals surface area contributed by atoms with Gasteiger partial charge in [0.1, 0.15) is 5.78 Å². The molecule has 2 heterocycles. The summed E-state index contributed by atoms with van der Waals surface area (Å²) in [7, 11) is 0. The maximum Gasteiger partial charge on any atom is 0.137 e. The Balaban J connectivity index is 0.000000181. The van der Waals surface area contributed by atoms with Gasteiger partial charge in [0.2, 0.25) is 0 Å². The number of aliphatic imine (C=N–C) groups is 2. The van der Waals surface area contributed by atoms with E-state index in [1.807, 2.05) is 50.2 Å². The number of ketones is 1. The molecule has 8 rings (SSSR count). The smallest absolute Gasteiger partial charge is 0.137 e. The molecule has 7 nitrogen and oxygen atoms in total. The molecular weight excluding hydrogens is 677 g/mol. The van der Waals surface area contributed by atoms with Gasteiger partial charge in [0.15, 0.2) is 0 Å². The molecule has 5 aromatic rings. The van der Waals surface area contributed by atoms with Gasteiger partial charge in [0.25, 0.3) is 0 Å². The summed E-state index contributed by atoms with van der Waals surface area (Å²) in [5.74, 6) is 0.378. The van der Waals surface area contributed by atoms with Gasteiger partial charge in [-0.25, -0.2) is 0 Å². The number of Topliss-reactive ketones (excluding diaryl/α,β-unsaturated/α-hetero) is 1. The van der Waals surface area contributed by atoms with E-state index in [1.54, 1.807) is 0 Å². The lowest BCUT2D eigenvalue weighted by Gasteiger charge is -2.20. The fourth-order valence-corrected chi connectivity index (χ4v) is 7.48. The molecule has 7 heteroatoms. The monoisotopic (exact) mass is 732 g/mol. The Bertz CT molecular complexity index is 2020. The van der Waals surface area contributed by atoms with Gasteiger partial charge >= 0.3 is 0 Å². The topological polar surface area (TPSA) is 120 Å². The van der Waals surface area contributed by atoms with E-state index in [0.717, 1.165) is 74.1 Å². The lowest BCUT2D eigenvalue weighted by Crippen LogP contribution is -2.15. The third-order valence-corrected chi connectivity index (χ3v) is 10.7. The molecule has 0 aliphatic heterocycles. The first-order valence-corrected chi connectivity index (χ1v) is 19.9. The van der Waals surface area contributed by atoms with Crippen LogP contribution >= 0.6 is 0 Å². The summed E-state index contributed by atoms with van der Waals surface area (Å²) in [5, 5.41) is 0. The molecular formula is C48H56N6O. The molecule has 3 aromatic carbocycles. The first-order chi connectivity index (χ1) is 26.6. The van der Waals surface area contributed by atoms with E-state index in [4.69, 9.17) is 26.4 Å². The van der Waals surface area contributed by atoms with Crippen LogP contribution < -0.4 is 11.5 Å². The second kappa shape index (κ2) is 19.0. The number of nitrogens with two attached hydrogens (primary N) is 2. The molecule has 4 atom stereocenters. The number of fused-ring (bicyclic) bond motifs is 3. The largest absolute Gasteiger partial charge is 0.323 e. The summed E-state index contributed by atoms with van der Waals surface area (Å²) in [6, 6.07) is 37.8. The molecule has 0 spiro atoms. The average molecular weight is 733 g/mol. The minimum Gasteiger partial charge on any atom is -0.323 e. The Hall–Kier alpha value is -5.11. The van der Waals surface area contributed by atoms with Crippen LogP contribution in [0.2, 0.25) is 0 Å². The van der Waals surface area contributed by atoms with Crippen LogP contribution in [0.4, 0.5) is 0 Å². The minimum atomic E-state index is -0.0244. The summed E-state index contributed by atoms with van der Waals surface area (Å²) in [5.41, 5.74) is 26.2. The van der Waals surface area contributed by atoms with E-state index in [2.05, 4.69) is 91.6 Å². The first kappa shape index (κ1) is 39.6. The Kier molecular flexibility index (Phi) is 13.6. The number of aromatic nitrogens is 2. The van der Waals surface area contributed by atoms with Crippen LogP contribution in [-0.2, 0) is 43.3 Å². The van der Waals surface area contributed by atoms with Gasteiger partial charge in [-0.05, 0) is 117 Å². The van der Waals surface area contributed by atoms with Crippen LogP contribution in [0.1, 0.15) is 127 Å². The summed E-state index contributed by atoms with van der Waals surface area (Å²) < 4.78 is 0. The number of pyridine rings is 2. The van der Waals surface area contributed by atoms with Crippen molar-refractivity contribution < 1.29 is 4.79 Å². The molecule has 0 saturated carbocycles. The van der Waals surface area contributed by atoms with Gasteiger partial charge in [-0.15, -0.1) is 0 Å². The van der Waals surface area contributed by atoms with Crippen molar-refractivity contribution in [3.8, 4) is 0 Å². The zero-order valence-electron chi connectivity index (χ0n) is 32.9. The van der Waals surface area contributed by atoms with E-state index in [-0.39, 0.29) is 24.2 Å². The molecule has 2 aromatic heterocycles. The summed E-state index contributed by atoms with van der Waals surface area (Å²) in [6.45, 7) is 8.14. The highest BCUT2D eigenvalue weighted by molar-refractivity contribution is 5.89. The number of carbonyl (C=O) groups is 1. The van der Waals surface area contributed by atoms with Crippen molar-refractivity contribution >= 4 is 17.2 Å². The fourth-order valence-electron chi connectivity index (χ4n) is 7.48. The molecule has 4 N–H and O–H groups in total. The van der Waals surface area contributed by atoms with Crippen molar-refractivity contribution in [1.82, 2.24) is 9.97 Å². The molecule has 3 aliphatic rings. The van der Waals surface area contributed by atoms with E-state index < -0.39 is 0 Å². The number of nitrogens with zero attached hydrogens (tertiary/aromatic N) is 4. The lowest BCUT2D eigenvalue weighted by atomic mass is 9.90. The molecule has 3 aliphatic carbocycles. The molecule has 0 fully saturated rings. The Morgan fingerprint density at radius 1 is 0.436 bits per heavy atom. The van der Waals surface area contributed by atoms with E-state index in [1.165, 1.54) is 44.8 Å². The number of hydrogen-bond donors (Lipinski definition) is 2. The molecule has 0 radical (unpaired) electrons. The van der Waals surface area contributed by atoms with Crippen molar-refractivity contribution in [3.05, 3.63) is 165 Å². The van der Waals surface area contributed by atoms with Gasteiger partial charge in [0.05, 0.1) is 34.9 Å². The minimum absolute atomic E-state index is 0.0244. The standard InChI is InChI=1S/C29H31N3.C10H10O.C9H15N3/c1-20(30-26-16-14-22-8-3-5-10-24(22)18-26)28-12-7-13-29(32-28)21(2)31-27-17-15-23-9-4-6-11-25(23)19-27;11-10-6-5-8-3-1-2-4-9(8)7-10;1-6(10)8-4-3-5-9(12-8)7(2)11/h3-13,20-21H,14-19H2,1-2H3;1-4H,5-7H2;3-7H,10-11H2,1-2H3. The SMILES string of the molecule is CC(N)c1cccc(C(C)N)n1.CC(N=C1CCc2ccccc2C1)c1cccc(C(C)N=C2CCc3ccccc3C2)n1.O=C1CCc2ccccc2C1. The summed E-state index contributed by atoms with van der Waals surface area (Å²) >= 11 is 0. The average Bonchev–Trinajstić information content (AvgIpc) is 3.21. The van der Waals surface area contributed by atoms with Gasteiger partial charge in [0, 0.05) is 49.2 Å². The highest BCUT2D eigenvalue weighted by atomic mass is 16.1. The van der Waals surface area contributed by atoms with Gasteiger partial charge < -0.3 is 11.5 Å². The first-order valence-electron chi connectivity index (χ1n) is 19.9. The van der Waals surface area contributed by atoms with Crippen molar-refractivity contribution in [1.29, 1.82) is 0 Å². The second-order valence-electron chi connectivity index (χ2n) is 15.2. The van der Waals surface area contributed by atoms with Crippen LogP contribution in [0.25, 0.3) is 0 Å². The van der Waals surface area contributed by atoms with E-state index >= 15 is 0 Å². The van der Waals surface area contributed by atoms with Crippen LogP contribution in [0, 0.1) is 0 Å². The number of hydrogen-bond acceptors (Lipinski definition) is 7. The molecule has 284 valence electrons. The van der Waals surface area contributed by atoms with Gasteiger partial charge in [-0.1, -0.05) is 84.9 Å². The summed E-state index contributed by atoms with van der Waals surface area (Å²) in [4.78, 5) is 30.5. The number of aryl methyl sites for hydroxylation is 3. The number of benzene rings is 3. The Morgan fingerprint density at radius 3 is 1.20 bits per heavy atom. The van der Waals surface area contributed by atoms with Gasteiger partial charge in [-0.2, -0.15) is 0 Å². The van der Waals surface area contributed by atoms with Crippen molar-refractivity contribution in [2.24, 2.45) is 21.5 Å². The molecule has 0 amide bonds. The molecule has 4 unspecified atom stereocenters. The number of carbonyl (C=O) groups excluding carboxylic acids is 1. The Labute approximate surface area is 327 Å². The fraction of sp³-hybridized carbons (Fsp3) is 0.354. The van der Waals surface area contributed by atoms with Crippen LogP contribution in [0.3, 0.4) is 0 Å². The Morgan fingerprint density at radius 2 is 0.782 bits per heavy atom. The third kappa shape index (κ3) is 11.0. The lowest BCUT2D eigenvalue weighted by molar-refractivity contribution is -0.118. The van der Waals surface area contributed by atoms with E-state index in [0.29, 0.717) is 12.2 Å². The van der Waals surface area contributed by atoms with E-state index in [9.17, 15) is 4.79 Å².